The fourth-order valence-electron chi connectivity index (χ4n) is 3.87. The van der Waals surface area contributed by atoms with Crippen LogP contribution in [0, 0.1) is 5.92 Å². The Morgan fingerprint density at radius 1 is 1.15 bits per heavy atom. The van der Waals surface area contributed by atoms with Crippen LogP contribution in [-0.4, -0.2) is 76.4 Å². The SMILES string of the molecule is CSCCC(NC(=O)C(Cc1ccccc1)NC(=O)C1CCCN1C(=O)C(N)C(C)C)C(=O)O. The maximum atomic E-state index is 13.2. The molecule has 0 radical (unpaired) electrons. The van der Waals surface area contributed by atoms with Crippen LogP contribution in [0.3, 0.4) is 0 Å². The number of nitrogens with one attached hydrogen (secondary N) is 2. The van der Waals surface area contributed by atoms with Crippen molar-refractivity contribution in [2.75, 3.05) is 18.6 Å². The molecule has 1 aromatic rings. The average molecular weight is 493 g/mol. The topological polar surface area (TPSA) is 142 Å². The second-order valence-electron chi connectivity index (χ2n) is 8.89. The van der Waals surface area contributed by atoms with Gasteiger partial charge in [-0.1, -0.05) is 44.2 Å². The van der Waals surface area contributed by atoms with Crippen LogP contribution in [-0.2, 0) is 25.6 Å². The summed E-state index contributed by atoms with van der Waals surface area (Å²) in [6, 6.07) is 5.72. The van der Waals surface area contributed by atoms with Gasteiger partial charge in [0.05, 0.1) is 6.04 Å². The van der Waals surface area contributed by atoms with E-state index in [1.165, 1.54) is 16.7 Å². The van der Waals surface area contributed by atoms with Gasteiger partial charge in [-0.15, -0.1) is 0 Å². The molecule has 2 rings (SSSR count). The number of carboxylic acid groups (broad SMARTS) is 1. The van der Waals surface area contributed by atoms with Crippen molar-refractivity contribution in [3.05, 3.63) is 35.9 Å². The molecular weight excluding hydrogens is 456 g/mol. The van der Waals surface area contributed by atoms with Crippen LogP contribution in [0.4, 0.5) is 0 Å². The summed E-state index contributed by atoms with van der Waals surface area (Å²) in [5, 5.41) is 14.8. The highest BCUT2D eigenvalue weighted by molar-refractivity contribution is 7.98. The van der Waals surface area contributed by atoms with Crippen molar-refractivity contribution >= 4 is 35.5 Å². The number of aliphatic carboxylic acids is 1. The van der Waals surface area contributed by atoms with Gasteiger partial charge in [0.1, 0.15) is 18.1 Å². The average Bonchev–Trinajstić information content (AvgIpc) is 3.30. The van der Waals surface area contributed by atoms with Crippen molar-refractivity contribution in [3.8, 4) is 0 Å². The Labute approximate surface area is 205 Å². The zero-order chi connectivity index (χ0) is 25.3. The van der Waals surface area contributed by atoms with Crippen LogP contribution in [0.5, 0.6) is 0 Å². The van der Waals surface area contributed by atoms with E-state index in [0.29, 0.717) is 25.1 Å². The molecule has 1 saturated heterocycles. The summed E-state index contributed by atoms with van der Waals surface area (Å²) in [6.45, 7) is 4.14. The zero-order valence-corrected chi connectivity index (χ0v) is 20.8. The van der Waals surface area contributed by atoms with Gasteiger partial charge in [-0.05, 0) is 42.8 Å². The highest BCUT2D eigenvalue weighted by Gasteiger charge is 2.38. The van der Waals surface area contributed by atoms with E-state index in [4.69, 9.17) is 5.73 Å². The maximum absolute atomic E-state index is 13.2. The van der Waals surface area contributed by atoms with Crippen molar-refractivity contribution in [1.29, 1.82) is 0 Å². The normalized spacial score (nSPS) is 18.3. The lowest BCUT2D eigenvalue weighted by Gasteiger charge is -2.29. The Bertz CT molecular complexity index is 851. The largest absolute Gasteiger partial charge is 0.480 e. The summed E-state index contributed by atoms with van der Waals surface area (Å²) < 4.78 is 0. The van der Waals surface area contributed by atoms with E-state index >= 15 is 0 Å². The molecule has 4 atom stereocenters. The molecule has 0 saturated carbocycles. The van der Waals surface area contributed by atoms with Crippen LogP contribution in [0.2, 0.25) is 0 Å². The van der Waals surface area contributed by atoms with Gasteiger partial charge in [0.15, 0.2) is 0 Å². The van der Waals surface area contributed by atoms with Gasteiger partial charge in [-0.3, -0.25) is 14.4 Å². The molecule has 5 N–H and O–H groups in total. The third-order valence-electron chi connectivity index (χ3n) is 5.98. The third-order valence-corrected chi connectivity index (χ3v) is 6.63. The van der Waals surface area contributed by atoms with Crippen molar-refractivity contribution < 1.29 is 24.3 Å². The fourth-order valence-corrected chi connectivity index (χ4v) is 4.34. The molecule has 1 aliphatic rings. The molecule has 3 amide bonds. The molecule has 0 aliphatic carbocycles. The van der Waals surface area contributed by atoms with Crippen molar-refractivity contribution in [1.82, 2.24) is 15.5 Å². The molecule has 0 spiro atoms. The molecule has 10 heteroatoms. The van der Waals surface area contributed by atoms with Gasteiger partial charge in [-0.2, -0.15) is 11.8 Å². The molecule has 9 nitrogen and oxygen atoms in total. The number of thioether (sulfide) groups is 1. The predicted octanol–water partition coefficient (Wildman–Crippen LogP) is 1.01. The molecule has 1 heterocycles. The van der Waals surface area contributed by atoms with E-state index < -0.39 is 42.0 Å². The lowest BCUT2D eigenvalue weighted by molar-refractivity contribution is -0.143. The smallest absolute Gasteiger partial charge is 0.326 e. The summed E-state index contributed by atoms with van der Waals surface area (Å²) >= 11 is 1.49. The van der Waals surface area contributed by atoms with E-state index in [1.807, 2.05) is 50.4 Å². The number of carboxylic acids is 1. The van der Waals surface area contributed by atoms with Crippen LogP contribution < -0.4 is 16.4 Å². The Morgan fingerprint density at radius 3 is 2.41 bits per heavy atom. The van der Waals surface area contributed by atoms with Gasteiger partial charge in [0.2, 0.25) is 17.7 Å². The number of hydrogen-bond donors (Lipinski definition) is 4. The third kappa shape index (κ3) is 7.73. The Hall–Kier alpha value is -2.59. The number of amides is 3. The summed E-state index contributed by atoms with van der Waals surface area (Å²) in [6.07, 6.45) is 3.47. The molecule has 188 valence electrons. The first-order valence-electron chi connectivity index (χ1n) is 11.6. The van der Waals surface area contributed by atoms with E-state index in [-0.39, 0.29) is 24.7 Å². The summed E-state index contributed by atoms with van der Waals surface area (Å²) in [7, 11) is 0. The molecule has 1 aromatic carbocycles. The molecule has 0 bridgehead atoms. The van der Waals surface area contributed by atoms with Gasteiger partial charge >= 0.3 is 5.97 Å². The zero-order valence-electron chi connectivity index (χ0n) is 20.0. The monoisotopic (exact) mass is 492 g/mol. The van der Waals surface area contributed by atoms with Crippen LogP contribution >= 0.6 is 11.8 Å². The second kappa shape index (κ2) is 13.3. The van der Waals surface area contributed by atoms with Gasteiger partial charge in [0.25, 0.3) is 0 Å². The number of carbonyl (C=O) groups is 4. The molecular formula is C24H36N4O5S. The Morgan fingerprint density at radius 2 is 1.82 bits per heavy atom. The fraction of sp³-hybridized carbons (Fsp3) is 0.583. The molecule has 0 aromatic heterocycles. The Kier molecular flexibility index (Phi) is 10.8. The second-order valence-corrected chi connectivity index (χ2v) is 9.88. The van der Waals surface area contributed by atoms with Gasteiger partial charge < -0.3 is 26.4 Å². The lowest BCUT2D eigenvalue weighted by Crippen LogP contribution is -2.57. The van der Waals surface area contributed by atoms with Gasteiger partial charge in [0, 0.05) is 13.0 Å². The predicted molar refractivity (Wildman–Crippen MR) is 132 cm³/mol. The minimum atomic E-state index is -1.12. The van der Waals surface area contributed by atoms with Crippen molar-refractivity contribution in [2.24, 2.45) is 11.7 Å². The van der Waals surface area contributed by atoms with Crippen molar-refractivity contribution in [2.45, 2.75) is 63.7 Å². The first-order chi connectivity index (χ1) is 16.1. The molecule has 1 aliphatic heterocycles. The van der Waals surface area contributed by atoms with Crippen LogP contribution in [0.1, 0.15) is 38.7 Å². The summed E-state index contributed by atoms with van der Waals surface area (Å²) in [5.74, 6) is -1.90. The van der Waals surface area contributed by atoms with Crippen molar-refractivity contribution in [3.63, 3.8) is 0 Å². The first kappa shape index (κ1) is 27.7. The highest BCUT2D eigenvalue weighted by atomic mass is 32.2. The van der Waals surface area contributed by atoms with E-state index in [9.17, 15) is 24.3 Å². The quantitative estimate of drug-likeness (QED) is 0.341. The molecule has 1 fully saturated rings. The molecule has 34 heavy (non-hydrogen) atoms. The number of nitrogens with zero attached hydrogens (tertiary/aromatic N) is 1. The number of nitrogens with two attached hydrogens (primary N) is 1. The van der Waals surface area contributed by atoms with Crippen LogP contribution in [0.25, 0.3) is 0 Å². The standard InChI is InChI=1S/C24H36N4O5S/c1-15(2)20(25)23(31)28-12-7-10-19(28)22(30)27-18(14-16-8-5-4-6-9-16)21(29)26-17(24(32)33)11-13-34-3/h4-6,8-9,15,17-20H,7,10-14,25H2,1-3H3,(H,26,29)(H,27,30)(H,32,33). The number of carbonyl (C=O) groups excluding carboxylic acids is 3. The van der Waals surface area contributed by atoms with E-state index in [0.717, 1.165) is 5.56 Å². The van der Waals surface area contributed by atoms with Gasteiger partial charge in [-0.25, -0.2) is 4.79 Å². The minimum absolute atomic E-state index is 0.0670. The number of benzene rings is 1. The summed E-state index contributed by atoms with van der Waals surface area (Å²) in [5.41, 5.74) is 6.85. The number of likely N-dealkylation sites (tertiary alicyclic amines) is 1. The highest BCUT2D eigenvalue weighted by Crippen LogP contribution is 2.20. The van der Waals surface area contributed by atoms with Crippen LogP contribution in [0.15, 0.2) is 30.3 Å². The minimum Gasteiger partial charge on any atom is -0.480 e. The Balaban J connectivity index is 2.18. The van der Waals surface area contributed by atoms with E-state index in [1.54, 1.807) is 0 Å². The lowest BCUT2D eigenvalue weighted by atomic mass is 10.0. The maximum Gasteiger partial charge on any atom is 0.326 e. The number of hydrogen-bond acceptors (Lipinski definition) is 6. The summed E-state index contributed by atoms with van der Waals surface area (Å²) in [4.78, 5) is 52.2. The number of rotatable bonds is 12. The van der Waals surface area contributed by atoms with E-state index in [2.05, 4.69) is 10.6 Å². The first-order valence-corrected chi connectivity index (χ1v) is 13.0. The molecule has 4 unspecified atom stereocenters.